The highest BCUT2D eigenvalue weighted by Crippen LogP contribution is 2.17. The van der Waals surface area contributed by atoms with Crippen LogP contribution >= 0.6 is 0 Å². The summed E-state index contributed by atoms with van der Waals surface area (Å²) >= 11 is 0. The largest absolute Gasteiger partial charge is 0.494 e. The van der Waals surface area contributed by atoms with Gasteiger partial charge in [0.25, 0.3) is 0 Å². The van der Waals surface area contributed by atoms with Crippen molar-refractivity contribution in [3.8, 4) is 5.75 Å². The van der Waals surface area contributed by atoms with Gasteiger partial charge >= 0.3 is 5.97 Å². The molecule has 1 saturated heterocycles. The minimum absolute atomic E-state index is 0.254. The Balaban J connectivity index is 1.83. The Kier molecular flexibility index (Phi) is 3.41. The molecular weight excluding hydrogens is 208 g/mol. The lowest BCUT2D eigenvalue weighted by Crippen LogP contribution is -2.28. The van der Waals surface area contributed by atoms with Gasteiger partial charge in [0, 0.05) is 5.92 Å². The standard InChI is InChI=1S/C12H14O4/c13-12(14)10-2-1-3-11(6-10)16-5-4-9-7-15-8-9/h1-3,6,9H,4-5,7-8H2,(H,13,14). The molecule has 0 aliphatic carbocycles. The maximum absolute atomic E-state index is 10.7. The zero-order valence-corrected chi connectivity index (χ0v) is 8.89. The zero-order valence-electron chi connectivity index (χ0n) is 8.89. The molecule has 0 spiro atoms. The molecule has 1 aromatic carbocycles. The summed E-state index contributed by atoms with van der Waals surface area (Å²) in [6.07, 6.45) is 0.956. The lowest BCUT2D eigenvalue weighted by atomic mass is 10.1. The average molecular weight is 222 g/mol. The number of hydrogen-bond acceptors (Lipinski definition) is 3. The topological polar surface area (TPSA) is 55.8 Å². The molecule has 1 fully saturated rings. The van der Waals surface area contributed by atoms with Gasteiger partial charge in [0.1, 0.15) is 5.75 Å². The second-order valence-electron chi connectivity index (χ2n) is 3.87. The Morgan fingerprint density at radius 1 is 1.50 bits per heavy atom. The van der Waals surface area contributed by atoms with Crippen LogP contribution in [-0.4, -0.2) is 30.9 Å². The minimum Gasteiger partial charge on any atom is -0.494 e. The molecule has 0 saturated carbocycles. The minimum atomic E-state index is -0.933. The number of benzene rings is 1. The van der Waals surface area contributed by atoms with E-state index in [1.165, 1.54) is 0 Å². The first kappa shape index (κ1) is 11.0. The van der Waals surface area contributed by atoms with Crippen LogP contribution in [0.15, 0.2) is 24.3 Å². The number of carboxylic acids is 1. The van der Waals surface area contributed by atoms with Gasteiger partial charge in [-0.1, -0.05) is 6.07 Å². The molecule has 0 atom stereocenters. The molecule has 0 radical (unpaired) electrons. The van der Waals surface area contributed by atoms with Crippen LogP contribution in [0, 0.1) is 5.92 Å². The highest BCUT2D eigenvalue weighted by Gasteiger charge is 2.17. The Morgan fingerprint density at radius 3 is 2.94 bits per heavy atom. The van der Waals surface area contributed by atoms with Crippen molar-refractivity contribution < 1.29 is 19.4 Å². The van der Waals surface area contributed by atoms with Crippen molar-refractivity contribution in [1.29, 1.82) is 0 Å². The van der Waals surface area contributed by atoms with Gasteiger partial charge in [-0.3, -0.25) is 0 Å². The first-order valence-electron chi connectivity index (χ1n) is 5.29. The summed E-state index contributed by atoms with van der Waals surface area (Å²) in [4.78, 5) is 10.7. The SMILES string of the molecule is O=C(O)c1cccc(OCCC2COC2)c1. The van der Waals surface area contributed by atoms with Crippen molar-refractivity contribution in [2.75, 3.05) is 19.8 Å². The molecule has 1 heterocycles. The van der Waals surface area contributed by atoms with Crippen LogP contribution in [0.3, 0.4) is 0 Å². The van der Waals surface area contributed by atoms with Crippen LogP contribution in [0.25, 0.3) is 0 Å². The normalized spacial score (nSPS) is 15.5. The summed E-state index contributed by atoms with van der Waals surface area (Å²) in [5, 5.41) is 8.80. The van der Waals surface area contributed by atoms with Crippen LogP contribution in [0.1, 0.15) is 16.8 Å². The van der Waals surface area contributed by atoms with Crippen LogP contribution in [0.4, 0.5) is 0 Å². The van der Waals surface area contributed by atoms with Crippen molar-refractivity contribution in [3.05, 3.63) is 29.8 Å². The third kappa shape index (κ3) is 2.73. The Bertz CT molecular complexity index is 371. The van der Waals surface area contributed by atoms with Gasteiger partial charge in [0.2, 0.25) is 0 Å². The predicted octanol–water partition coefficient (Wildman–Crippen LogP) is 1.80. The van der Waals surface area contributed by atoms with E-state index in [0.717, 1.165) is 19.6 Å². The summed E-state index contributed by atoms with van der Waals surface area (Å²) in [5.74, 6) is 0.278. The highest BCUT2D eigenvalue weighted by molar-refractivity contribution is 5.87. The van der Waals surface area contributed by atoms with E-state index in [4.69, 9.17) is 14.6 Å². The fraction of sp³-hybridized carbons (Fsp3) is 0.417. The maximum atomic E-state index is 10.7. The molecule has 4 nitrogen and oxygen atoms in total. The van der Waals surface area contributed by atoms with Crippen LogP contribution < -0.4 is 4.74 Å². The first-order valence-corrected chi connectivity index (χ1v) is 5.29. The molecule has 0 amide bonds. The van der Waals surface area contributed by atoms with E-state index >= 15 is 0 Å². The first-order chi connectivity index (χ1) is 7.75. The van der Waals surface area contributed by atoms with E-state index < -0.39 is 5.97 Å². The monoisotopic (exact) mass is 222 g/mol. The van der Waals surface area contributed by atoms with Crippen LogP contribution in [0.5, 0.6) is 5.75 Å². The quantitative estimate of drug-likeness (QED) is 0.825. The van der Waals surface area contributed by atoms with Crippen molar-refractivity contribution >= 4 is 5.97 Å². The van der Waals surface area contributed by atoms with Crippen molar-refractivity contribution in [2.24, 2.45) is 5.92 Å². The van der Waals surface area contributed by atoms with Gasteiger partial charge in [-0.2, -0.15) is 0 Å². The third-order valence-electron chi connectivity index (χ3n) is 2.58. The van der Waals surface area contributed by atoms with Gasteiger partial charge in [-0.25, -0.2) is 4.79 Å². The molecule has 0 aromatic heterocycles. The predicted molar refractivity (Wildman–Crippen MR) is 57.8 cm³/mol. The molecule has 16 heavy (non-hydrogen) atoms. The molecule has 2 rings (SSSR count). The average Bonchev–Trinajstić information content (AvgIpc) is 2.22. The van der Waals surface area contributed by atoms with E-state index in [1.807, 2.05) is 0 Å². The Morgan fingerprint density at radius 2 is 2.31 bits per heavy atom. The molecule has 86 valence electrons. The Labute approximate surface area is 93.8 Å². The molecule has 4 heteroatoms. The van der Waals surface area contributed by atoms with Crippen LogP contribution in [-0.2, 0) is 4.74 Å². The van der Waals surface area contributed by atoms with Gasteiger partial charge in [0.15, 0.2) is 0 Å². The smallest absolute Gasteiger partial charge is 0.335 e. The molecular formula is C12H14O4. The summed E-state index contributed by atoms with van der Waals surface area (Å²) in [6, 6.07) is 6.55. The van der Waals surface area contributed by atoms with E-state index in [-0.39, 0.29) is 5.56 Å². The van der Waals surface area contributed by atoms with E-state index in [9.17, 15) is 4.79 Å². The fourth-order valence-electron chi connectivity index (χ4n) is 1.51. The molecule has 1 aliphatic rings. The number of ether oxygens (including phenoxy) is 2. The lowest BCUT2D eigenvalue weighted by Gasteiger charge is -2.25. The number of carboxylic acid groups (broad SMARTS) is 1. The summed E-state index contributed by atoms with van der Waals surface area (Å²) < 4.78 is 10.5. The molecule has 1 aliphatic heterocycles. The lowest BCUT2D eigenvalue weighted by molar-refractivity contribution is -0.0401. The van der Waals surface area contributed by atoms with Crippen LogP contribution in [0.2, 0.25) is 0 Å². The van der Waals surface area contributed by atoms with Gasteiger partial charge in [-0.15, -0.1) is 0 Å². The van der Waals surface area contributed by atoms with E-state index in [0.29, 0.717) is 18.3 Å². The van der Waals surface area contributed by atoms with Gasteiger partial charge in [-0.05, 0) is 24.6 Å². The molecule has 0 unspecified atom stereocenters. The third-order valence-corrected chi connectivity index (χ3v) is 2.58. The second-order valence-corrected chi connectivity index (χ2v) is 3.87. The van der Waals surface area contributed by atoms with E-state index in [2.05, 4.69) is 0 Å². The summed E-state index contributed by atoms with van der Waals surface area (Å²) in [7, 11) is 0. The molecule has 1 N–H and O–H groups in total. The molecule has 1 aromatic rings. The number of hydrogen-bond donors (Lipinski definition) is 1. The van der Waals surface area contributed by atoms with Crippen molar-refractivity contribution in [2.45, 2.75) is 6.42 Å². The maximum Gasteiger partial charge on any atom is 0.335 e. The molecule has 0 bridgehead atoms. The van der Waals surface area contributed by atoms with Crippen molar-refractivity contribution in [3.63, 3.8) is 0 Å². The van der Waals surface area contributed by atoms with Crippen molar-refractivity contribution in [1.82, 2.24) is 0 Å². The summed E-state index contributed by atoms with van der Waals surface area (Å²) in [5.41, 5.74) is 0.254. The Hall–Kier alpha value is -1.55. The summed E-state index contributed by atoms with van der Waals surface area (Å²) in [6.45, 7) is 2.24. The number of aromatic carboxylic acids is 1. The zero-order chi connectivity index (χ0) is 11.4. The second kappa shape index (κ2) is 4.99. The fourth-order valence-corrected chi connectivity index (χ4v) is 1.51. The highest BCUT2D eigenvalue weighted by atomic mass is 16.5. The number of carbonyl (C=O) groups is 1. The van der Waals surface area contributed by atoms with Gasteiger partial charge < -0.3 is 14.6 Å². The van der Waals surface area contributed by atoms with E-state index in [1.54, 1.807) is 24.3 Å². The number of rotatable bonds is 5. The van der Waals surface area contributed by atoms with Gasteiger partial charge in [0.05, 0.1) is 25.4 Å².